The zero-order chi connectivity index (χ0) is 20.3. The molecule has 0 atom stereocenters. The van der Waals surface area contributed by atoms with Crippen LogP contribution in [0, 0.1) is 0 Å². The number of nitrogens with zero attached hydrogens (tertiary/aromatic N) is 5. The van der Waals surface area contributed by atoms with Crippen LogP contribution < -0.4 is 5.32 Å². The summed E-state index contributed by atoms with van der Waals surface area (Å²) in [5, 5.41) is 7.37. The van der Waals surface area contributed by atoms with Crippen molar-refractivity contribution in [1.82, 2.24) is 24.7 Å². The lowest BCUT2D eigenvalue weighted by atomic mass is 10.2. The lowest BCUT2D eigenvalue weighted by Gasteiger charge is -2.10. The molecule has 6 nitrogen and oxygen atoms in total. The average molecular weight is 396 g/mol. The van der Waals surface area contributed by atoms with Crippen molar-refractivity contribution in [3.05, 3.63) is 84.6 Å². The Morgan fingerprint density at radius 1 is 1.00 bits per heavy atom. The molecule has 0 amide bonds. The first-order valence-corrected chi connectivity index (χ1v) is 8.67. The van der Waals surface area contributed by atoms with E-state index in [4.69, 9.17) is 0 Å². The predicted molar refractivity (Wildman–Crippen MR) is 101 cm³/mol. The SMILES string of the molecule is FC(F)(F)c1cncc(-c2nccc(NCc3cccc(-n4cccn4)c3)n2)c1. The normalized spacial score (nSPS) is 11.4. The van der Waals surface area contributed by atoms with Gasteiger partial charge in [-0.05, 0) is 35.9 Å². The smallest absolute Gasteiger partial charge is 0.366 e. The van der Waals surface area contributed by atoms with Gasteiger partial charge in [0.15, 0.2) is 5.82 Å². The van der Waals surface area contributed by atoms with Gasteiger partial charge in [0.1, 0.15) is 5.82 Å². The minimum atomic E-state index is -4.47. The molecular formula is C20H15F3N6. The second-order valence-electron chi connectivity index (χ2n) is 6.20. The fraction of sp³-hybridized carbons (Fsp3) is 0.100. The largest absolute Gasteiger partial charge is 0.417 e. The van der Waals surface area contributed by atoms with Crippen LogP contribution in [0.5, 0.6) is 0 Å². The van der Waals surface area contributed by atoms with Crippen LogP contribution in [0.4, 0.5) is 19.0 Å². The second-order valence-corrected chi connectivity index (χ2v) is 6.20. The molecule has 4 rings (SSSR count). The fourth-order valence-corrected chi connectivity index (χ4v) is 2.74. The fourth-order valence-electron chi connectivity index (χ4n) is 2.74. The molecule has 0 aliphatic heterocycles. The highest BCUT2D eigenvalue weighted by molar-refractivity contribution is 5.56. The van der Waals surface area contributed by atoms with Gasteiger partial charge in [-0.1, -0.05) is 12.1 Å². The minimum Gasteiger partial charge on any atom is -0.366 e. The quantitative estimate of drug-likeness (QED) is 0.543. The molecule has 0 saturated heterocycles. The molecule has 9 heteroatoms. The summed E-state index contributed by atoms with van der Waals surface area (Å²) >= 11 is 0. The van der Waals surface area contributed by atoms with Gasteiger partial charge in [0.2, 0.25) is 0 Å². The van der Waals surface area contributed by atoms with E-state index in [1.807, 2.05) is 36.5 Å². The number of aromatic nitrogens is 5. The van der Waals surface area contributed by atoms with Crippen LogP contribution in [-0.4, -0.2) is 24.7 Å². The van der Waals surface area contributed by atoms with Crippen LogP contribution in [0.3, 0.4) is 0 Å². The third-order valence-electron chi connectivity index (χ3n) is 4.13. The Labute approximate surface area is 164 Å². The molecule has 1 aromatic carbocycles. The van der Waals surface area contributed by atoms with E-state index < -0.39 is 11.7 Å². The predicted octanol–water partition coefficient (Wildman–Crippen LogP) is 4.36. The summed E-state index contributed by atoms with van der Waals surface area (Å²) in [6, 6.07) is 12.3. The lowest BCUT2D eigenvalue weighted by molar-refractivity contribution is -0.137. The summed E-state index contributed by atoms with van der Waals surface area (Å²) in [7, 11) is 0. The van der Waals surface area contributed by atoms with Gasteiger partial charge >= 0.3 is 6.18 Å². The number of pyridine rings is 1. The van der Waals surface area contributed by atoms with Crippen molar-refractivity contribution in [3.63, 3.8) is 0 Å². The maximum atomic E-state index is 12.9. The highest BCUT2D eigenvalue weighted by Crippen LogP contribution is 2.30. The van der Waals surface area contributed by atoms with Crippen LogP contribution in [0.1, 0.15) is 11.1 Å². The molecule has 0 fully saturated rings. The first kappa shape index (κ1) is 18.6. The van der Waals surface area contributed by atoms with Crippen molar-refractivity contribution in [2.45, 2.75) is 12.7 Å². The molecule has 3 aromatic heterocycles. The molecule has 0 spiro atoms. The van der Waals surface area contributed by atoms with E-state index in [1.165, 1.54) is 12.4 Å². The molecule has 0 radical (unpaired) electrons. The zero-order valence-electron chi connectivity index (χ0n) is 15.0. The Kier molecular flexibility index (Phi) is 4.94. The van der Waals surface area contributed by atoms with Gasteiger partial charge in [0.05, 0.1) is 11.3 Å². The molecule has 3 heterocycles. The lowest BCUT2D eigenvalue weighted by Crippen LogP contribution is -2.06. The molecule has 0 unspecified atom stereocenters. The van der Waals surface area contributed by atoms with Crippen molar-refractivity contribution in [3.8, 4) is 17.1 Å². The number of hydrogen-bond acceptors (Lipinski definition) is 5. The number of benzene rings is 1. The summed E-state index contributed by atoms with van der Waals surface area (Å²) in [5.74, 6) is 0.663. The number of alkyl halides is 3. The van der Waals surface area contributed by atoms with E-state index >= 15 is 0 Å². The molecule has 146 valence electrons. The maximum Gasteiger partial charge on any atom is 0.417 e. The molecule has 0 aliphatic rings. The topological polar surface area (TPSA) is 68.5 Å². The summed E-state index contributed by atoms with van der Waals surface area (Å²) in [5.41, 5.74) is 1.28. The monoisotopic (exact) mass is 396 g/mol. The van der Waals surface area contributed by atoms with Gasteiger partial charge in [-0.25, -0.2) is 14.6 Å². The molecule has 0 aliphatic carbocycles. The highest BCUT2D eigenvalue weighted by Gasteiger charge is 2.31. The Hall–Kier alpha value is -3.75. The Morgan fingerprint density at radius 3 is 2.69 bits per heavy atom. The van der Waals surface area contributed by atoms with Crippen LogP contribution in [0.25, 0.3) is 17.1 Å². The van der Waals surface area contributed by atoms with E-state index in [1.54, 1.807) is 16.9 Å². The van der Waals surface area contributed by atoms with Crippen molar-refractivity contribution < 1.29 is 13.2 Å². The summed E-state index contributed by atoms with van der Waals surface area (Å²) in [4.78, 5) is 12.0. The molecule has 0 saturated carbocycles. The zero-order valence-corrected chi connectivity index (χ0v) is 15.0. The third kappa shape index (κ3) is 4.40. The van der Waals surface area contributed by atoms with Crippen LogP contribution in [0.2, 0.25) is 0 Å². The number of anilines is 1. The molecule has 1 N–H and O–H groups in total. The Balaban J connectivity index is 1.51. The van der Waals surface area contributed by atoms with E-state index in [0.29, 0.717) is 12.4 Å². The highest BCUT2D eigenvalue weighted by atomic mass is 19.4. The van der Waals surface area contributed by atoms with Crippen LogP contribution in [-0.2, 0) is 12.7 Å². The maximum absolute atomic E-state index is 12.9. The van der Waals surface area contributed by atoms with E-state index in [2.05, 4.69) is 25.4 Å². The Bertz CT molecular complexity index is 1110. The molecule has 0 bridgehead atoms. The first-order valence-electron chi connectivity index (χ1n) is 8.67. The second kappa shape index (κ2) is 7.70. The molecule has 4 aromatic rings. The van der Waals surface area contributed by atoms with Crippen molar-refractivity contribution in [1.29, 1.82) is 0 Å². The standard InChI is InChI=1S/C20H15F3N6/c21-20(22,23)16-10-15(12-24-13-16)19-25-7-5-18(28-19)26-11-14-3-1-4-17(9-14)29-8-2-6-27-29/h1-10,12-13H,11H2,(H,25,26,28). The van der Waals surface area contributed by atoms with Gasteiger partial charge in [-0.2, -0.15) is 18.3 Å². The first-order chi connectivity index (χ1) is 14.0. The number of hydrogen-bond donors (Lipinski definition) is 1. The van der Waals surface area contributed by atoms with Crippen molar-refractivity contribution >= 4 is 5.82 Å². The van der Waals surface area contributed by atoms with Gasteiger partial charge in [0.25, 0.3) is 0 Å². The van der Waals surface area contributed by atoms with Gasteiger partial charge in [0, 0.05) is 43.1 Å². The molecular weight excluding hydrogens is 381 g/mol. The van der Waals surface area contributed by atoms with E-state index in [9.17, 15) is 13.2 Å². The number of rotatable bonds is 5. The van der Waals surface area contributed by atoms with Crippen LogP contribution in [0.15, 0.2) is 73.4 Å². The van der Waals surface area contributed by atoms with Crippen LogP contribution >= 0.6 is 0 Å². The summed E-state index contributed by atoms with van der Waals surface area (Å²) in [6.07, 6.45) is 2.66. The summed E-state index contributed by atoms with van der Waals surface area (Å²) in [6.45, 7) is 0.479. The van der Waals surface area contributed by atoms with Gasteiger partial charge in [-0.3, -0.25) is 4.98 Å². The van der Waals surface area contributed by atoms with E-state index in [0.717, 1.165) is 23.5 Å². The van der Waals surface area contributed by atoms with Crippen molar-refractivity contribution in [2.24, 2.45) is 0 Å². The summed E-state index contributed by atoms with van der Waals surface area (Å²) < 4.78 is 40.5. The third-order valence-corrected chi connectivity index (χ3v) is 4.13. The minimum absolute atomic E-state index is 0.166. The van der Waals surface area contributed by atoms with Gasteiger partial charge < -0.3 is 5.32 Å². The van der Waals surface area contributed by atoms with Crippen molar-refractivity contribution in [2.75, 3.05) is 5.32 Å². The average Bonchev–Trinajstić information content (AvgIpc) is 3.27. The van der Waals surface area contributed by atoms with E-state index in [-0.39, 0.29) is 11.4 Å². The number of nitrogens with one attached hydrogen (secondary N) is 1. The molecule has 29 heavy (non-hydrogen) atoms. The Morgan fingerprint density at radius 2 is 1.90 bits per heavy atom. The van der Waals surface area contributed by atoms with Gasteiger partial charge in [-0.15, -0.1) is 0 Å². The number of halogens is 3.